The highest BCUT2D eigenvalue weighted by atomic mass is 16.3. The molecule has 1 aromatic carbocycles. The third-order valence-corrected chi connectivity index (χ3v) is 2.12. The summed E-state index contributed by atoms with van der Waals surface area (Å²) in [6.45, 7) is 3.66. The number of hydrogen-bond donors (Lipinski definition) is 1. The van der Waals surface area contributed by atoms with Gasteiger partial charge in [0.25, 0.3) is 0 Å². The lowest BCUT2D eigenvalue weighted by Gasteiger charge is -2.05. The molecule has 1 atom stereocenters. The molecule has 0 aliphatic carbocycles. The Bertz CT molecular complexity index is 430. The zero-order valence-electron chi connectivity index (χ0n) is 7.23. The fraction of sp³-hybridized carbons (Fsp3) is 0.0909. The fourth-order valence-corrected chi connectivity index (χ4v) is 1.41. The van der Waals surface area contributed by atoms with Crippen molar-refractivity contribution in [2.45, 2.75) is 6.04 Å². The second kappa shape index (κ2) is 3.07. The first-order valence-electron chi connectivity index (χ1n) is 4.17. The summed E-state index contributed by atoms with van der Waals surface area (Å²) in [6.07, 6.45) is 3.38. The van der Waals surface area contributed by atoms with E-state index in [2.05, 4.69) is 6.58 Å². The smallest absolute Gasteiger partial charge is 0.138 e. The average molecular weight is 173 g/mol. The van der Waals surface area contributed by atoms with E-state index in [4.69, 9.17) is 10.2 Å². The van der Waals surface area contributed by atoms with Gasteiger partial charge in [-0.2, -0.15) is 0 Å². The lowest BCUT2D eigenvalue weighted by molar-refractivity contribution is 0.608. The highest BCUT2D eigenvalue weighted by Crippen LogP contribution is 2.24. The van der Waals surface area contributed by atoms with Crippen LogP contribution in [0.25, 0.3) is 11.0 Å². The molecule has 0 aliphatic heterocycles. The zero-order chi connectivity index (χ0) is 9.26. The Hall–Kier alpha value is -1.54. The van der Waals surface area contributed by atoms with E-state index < -0.39 is 0 Å². The molecule has 2 aromatic rings. The van der Waals surface area contributed by atoms with E-state index in [0.717, 1.165) is 16.5 Å². The number of nitrogens with two attached hydrogens (primary N) is 1. The third kappa shape index (κ3) is 1.25. The minimum absolute atomic E-state index is 0.158. The van der Waals surface area contributed by atoms with Crippen LogP contribution < -0.4 is 5.73 Å². The first-order chi connectivity index (χ1) is 6.33. The van der Waals surface area contributed by atoms with Gasteiger partial charge in [0, 0.05) is 10.9 Å². The highest BCUT2D eigenvalue weighted by Gasteiger charge is 2.07. The van der Waals surface area contributed by atoms with Gasteiger partial charge >= 0.3 is 0 Å². The second-order valence-electron chi connectivity index (χ2n) is 2.95. The predicted molar refractivity (Wildman–Crippen MR) is 53.3 cm³/mol. The van der Waals surface area contributed by atoms with Gasteiger partial charge in [-0.25, -0.2) is 0 Å². The van der Waals surface area contributed by atoms with Crippen LogP contribution in [0.4, 0.5) is 0 Å². The summed E-state index contributed by atoms with van der Waals surface area (Å²) >= 11 is 0. The molecule has 0 saturated carbocycles. The minimum Gasteiger partial charge on any atom is -0.464 e. The van der Waals surface area contributed by atoms with Gasteiger partial charge in [-0.1, -0.05) is 24.3 Å². The Kier molecular flexibility index (Phi) is 1.91. The monoisotopic (exact) mass is 173 g/mol. The Labute approximate surface area is 76.7 Å². The Morgan fingerprint density at radius 2 is 2.23 bits per heavy atom. The van der Waals surface area contributed by atoms with Crippen LogP contribution in [0.15, 0.2) is 47.6 Å². The maximum atomic E-state index is 5.84. The van der Waals surface area contributed by atoms with Gasteiger partial charge in [0.15, 0.2) is 0 Å². The van der Waals surface area contributed by atoms with Crippen molar-refractivity contribution in [3.63, 3.8) is 0 Å². The van der Waals surface area contributed by atoms with Gasteiger partial charge in [-0.15, -0.1) is 6.58 Å². The summed E-state index contributed by atoms with van der Waals surface area (Å²) in [5, 5.41) is 1.08. The molecular weight excluding hydrogens is 162 g/mol. The highest BCUT2D eigenvalue weighted by molar-refractivity contribution is 5.80. The van der Waals surface area contributed by atoms with E-state index >= 15 is 0 Å². The normalized spacial score (nSPS) is 13.0. The first-order valence-corrected chi connectivity index (χ1v) is 4.17. The number of para-hydroxylation sites is 1. The molecule has 13 heavy (non-hydrogen) atoms. The third-order valence-electron chi connectivity index (χ3n) is 2.12. The molecule has 0 radical (unpaired) electrons. The second-order valence-corrected chi connectivity index (χ2v) is 2.95. The molecular formula is C11H11NO. The van der Waals surface area contributed by atoms with Crippen molar-refractivity contribution >= 4 is 11.0 Å². The van der Waals surface area contributed by atoms with Gasteiger partial charge in [0.05, 0.1) is 12.3 Å². The summed E-state index contributed by atoms with van der Waals surface area (Å²) in [7, 11) is 0. The maximum Gasteiger partial charge on any atom is 0.138 e. The summed E-state index contributed by atoms with van der Waals surface area (Å²) < 4.78 is 5.34. The van der Waals surface area contributed by atoms with Crippen molar-refractivity contribution < 1.29 is 4.42 Å². The van der Waals surface area contributed by atoms with Crippen LogP contribution in [0.1, 0.15) is 11.6 Å². The fourth-order valence-electron chi connectivity index (χ4n) is 1.41. The molecule has 0 bridgehead atoms. The van der Waals surface area contributed by atoms with Crippen molar-refractivity contribution in [3.05, 3.63) is 48.7 Å². The van der Waals surface area contributed by atoms with Crippen molar-refractivity contribution in [3.8, 4) is 0 Å². The van der Waals surface area contributed by atoms with Crippen molar-refractivity contribution in [2.75, 3.05) is 0 Å². The Balaban J connectivity index is 2.67. The summed E-state index contributed by atoms with van der Waals surface area (Å²) in [4.78, 5) is 0. The SMILES string of the molecule is C=C[C@@H](N)c1cccc2ccoc12. The number of furan rings is 1. The Morgan fingerprint density at radius 1 is 1.38 bits per heavy atom. The number of fused-ring (bicyclic) bond motifs is 1. The lowest BCUT2D eigenvalue weighted by atomic mass is 10.1. The van der Waals surface area contributed by atoms with E-state index in [0.29, 0.717) is 0 Å². The summed E-state index contributed by atoms with van der Waals surface area (Å²) in [5.74, 6) is 0. The van der Waals surface area contributed by atoms with Gasteiger partial charge in [-0.05, 0) is 6.07 Å². The molecule has 2 rings (SSSR count). The molecule has 0 amide bonds. The molecule has 66 valence electrons. The van der Waals surface area contributed by atoms with Crippen LogP contribution in [-0.4, -0.2) is 0 Å². The van der Waals surface area contributed by atoms with Crippen LogP contribution in [0, 0.1) is 0 Å². The molecule has 2 heteroatoms. The van der Waals surface area contributed by atoms with Crippen molar-refractivity contribution in [2.24, 2.45) is 5.73 Å². The van der Waals surface area contributed by atoms with E-state index in [1.165, 1.54) is 0 Å². The lowest BCUT2D eigenvalue weighted by Crippen LogP contribution is -2.06. The van der Waals surface area contributed by atoms with Crippen LogP contribution in [-0.2, 0) is 0 Å². The van der Waals surface area contributed by atoms with E-state index in [1.54, 1.807) is 12.3 Å². The van der Waals surface area contributed by atoms with Gasteiger partial charge in [-0.3, -0.25) is 0 Å². The quantitative estimate of drug-likeness (QED) is 0.709. The largest absolute Gasteiger partial charge is 0.464 e. The molecule has 1 heterocycles. The van der Waals surface area contributed by atoms with Crippen LogP contribution in [0.5, 0.6) is 0 Å². The van der Waals surface area contributed by atoms with Gasteiger partial charge in [0.1, 0.15) is 5.58 Å². The zero-order valence-corrected chi connectivity index (χ0v) is 7.23. The summed E-state index contributed by atoms with van der Waals surface area (Å²) in [6, 6.07) is 7.69. The van der Waals surface area contributed by atoms with Crippen molar-refractivity contribution in [1.82, 2.24) is 0 Å². The van der Waals surface area contributed by atoms with Crippen molar-refractivity contribution in [1.29, 1.82) is 0 Å². The van der Waals surface area contributed by atoms with Gasteiger partial charge in [0.2, 0.25) is 0 Å². The molecule has 0 unspecified atom stereocenters. The van der Waals surface area contributed by atoms with E-state index in [9.17, 15) is 0 Å². The molecule has 2 nitrogen and oxygen atoms in total. The molecule has 0 saturated heterocycles. The standard InChI is InChI=1S/C11H11NO/c1-2-10(12)9-5-3-4-8-6-7-13-11(8)9/h2-7,10H,1,12H2/t10-/m1/s1. The summed E-state index contributed by atoms with van der Waals surface area (Å²) in [5.41, 5.74) is 7.68. The number of rotatable bonds is 2. The number of hydrogen-bond acceptors (Lipinski definition) is 2. The van der Waals surface area contributed by atoms with Crippen LogP contribution in [0.2, 0.25) is 0 Å². The molecule has 1 aromatic heterocycles. The van der Waals surface area contributed by atoms with Gasteiger partial charge < -0.3 is 10.2 Å². The van der Waals surface area contributed by atoms with E-state index in [-0.39, 0.29) is 6.04 Å². The molecule has 0 spiro atoms. The topological polar surface area (TPSA) is 39.2 Å². The number of benzene rings is 1. The van der Waals surface area contributed by atoms with E-state index in [1.807, 2.05) is 24.3 Å². The minimum atomic E-state index is -0.158. The molecule has 0 fully saturated rings. The first kappa shape index (κ1) is 8.08. The van der Waals surface area contributed by atoms with Crippen LogP contribution in [0.3, 0.4) is 0 Å². The van der Waals surface area contributed by atoms with Crippen LogP contribution >= 0.6 is 0 Å². The molecule has 2 N–H and O–H groups in total. The Morgan fingerprint density at radius 3 is 3.00 bits per heavy atom. The predicted octanol–water partition coefficient (Wildman–Crippen LogP) is 2.62. The maximum absolute atomic E-state index is 5.84. The molecule has 0 aliphatic rings. The average Bonchev–Trinajstić information content (AvgIpc) is 2.63.